The van der Waals surface area contributed by atoms with E-state index in [2.05, 4.69) is 10.6 Å². The summed E-state index contributed by atoms with van der Waals surface area (Å²) in [6.45, 7) is 3.72. The number of carbonyl (C=O) groups is 1. The molecule has 0 spiro atoms. The fraction of sp³-hybridized carbons (Fsp3) is 0.417. The van der Waals surface area contributed by atoms with Gasteiger partial charge in [0.25, 0.3) is 0 Å². The molecular weight excluding hydrogens is 204 g/mol. The van der Waals surface area contributed by atoms with Gasteiger partial charge in [-0.3, -0.25) is 4.79 Å². The van der Waals surface area contributed by atoms with Crippen LogP contribution in [0, 0.1) is 6.92 Å². The highest BCUT2D eigenvalue weighted by Gasteiger charge is 2.18. The highest BCUT2D eigenvalue weighted by Crippen LogP contribution is 2.12. The van der Waals surface area contributed by atoms with Crippen molar-refractivity contribution in [2.24, 2.45) is 0 Å². The van der Waals surface area contributed by atoms with Crippen LogP contribution >= 0.6 is 0 Å². The van der Waals surface area contributed by atoms with Crippen LogP contribution in [-0.4, -0.2) is 31.7 Å². The largest absolute Gasteiger partial charge is 0.378 e. The van der Waals surface area contributed by atoms with Crippen molar-refractivity contribution in [3.63, 3.8) is 0 Å². The molecule has 1 heterocycles. The van der Waals surface area contributed by atoms with Crippen LogP contribution in [0.1, 0.15) is 5.56 Å². The lowest BCUT2D eigenvalue weighted by Crippen LogP contribution is -2.48. The van der Waals surface area contributed by atoms with E-state index in [4.69, 9.17) is 4.74 Å². The molecule has 16 heavy (non-hydrogen) atoms. The topological polar surface area (TPSA) is 50.4 Å². The van der Waals surface area contributed by atoms with Gasteiger partial charge in [0, 0.05) is 5.69 Å². The van der Waals surface area contributed by atoms with Crippen molar-refractivity contribution in [2.45, 2.75) is 13.0 Å². The van der Waals surface area contributed by atoms with Gasteiger partial charge in [0.1, 0.15) is 0 Å². The number of hydrogen-bond donors (Lipinski definition) is 2. The number of nitrogens with one attached hydrogen (secondary N) is 2. The zero-order valence-electron chi connectivity index (χ0n) is 9.32. The Balaban J connectivity index is 1.80. The van der Waals surface area contributed by atoms with Crippen LogP contribution < -0.4 is 10.6 Å². The van der Waals surface area contributed by atoms with Crippen LogP contribution in [0.5, 0.6) is 0 Å². The van der Waals surface area contributed by atoms with Gasteiger partial charge in [-0.25, -0.2) is 0 Å². The molecule has 1 aliphatic rings. The number of amides is 1. The Kier molecular flexibility index (Phi) is 3.54. The van der Waals surface area contributed by atoms with E-state index in [0.29, 0.717) is 25.8 Å². The van der Waals surface area contributed by atoms with Gasteiger partial charge in [0.2, 0.25) is 5.91 Å². The standard InChI is InChI=1S/C12H16N2O2/c1-9-4-2-3-5-11(9)14-12(15)6-13-10-7-16-8-10/h2-5,10,13H,6-8H2,1H3,(H,14,15). The van der Waals surface area contributed by atoms with Crippen LogP contribution in [0.3, 0.4) is 0 Å². The predicted octanol–water partition coefficient (Wildman–Crippen LogP) is 0.922. The van der Waals surface area contributed by atoms with E-state index < -0.39 is 0 Å². The van der Waals surface area contributed by atoms with Gasteiger partial charge in [0.15, 0.2) is 0 Å². The second-order valence-electron chi connectivity index (χ2n) is 3.98. The summed E-state index contributed by atoms with van der Waals surface area (Å²) < 4.78 is 5.01. The summed E-state index contributed by atoms with van der Waals surface area (Å²) in [6, 6.07) is 8.08. The van der Waals surface area contributed by atoms with E-state index in [1.165, 1.54) is 0 Å². The Labute approximate surface area is 95.0 Å². The van der Waals surface area contributed by atoms with Crippen LogP contribution in [0.2, 0.25) is 0 Å². The van der Waals surface area contributed by atoms with Crippen molar-refractivity contribution in [1.29, 1.82) is 0 Å². The van der Waals surface area contributed by atoms with E-state index >= 15 is 0 Å². The number of ether oxygens (including phenoxy) is 1. The van der Waals surface area contributed by atoms with E-state index in [9.17, 15) is 4.79 Å². The van der Waals surface area contributed by atoms with Gasteiger partial charge in [-0.2, -0.15) is 0 Å². The Hall–Kier alpha value is -1.39. The molecule has 0 aliphatic carbocycles. The number of para-hydroxylation sites is 1. The third kappa shape index (κ3) is 2.81. The maximum atomic E-state index is 11.6. The molecule has 1 aromatic carbocycles. The van der Waals surface area contributed by atoms with E-state index in [1.807, 2.05) is 31.2 Å². The Morgan fingerprint density at radius 3 is 2.81 bits per heavy atom. The molecule has 2 N–H and O–H groups in total. The molecular formula is C12H16N2O2. The van der Waals surface area contributed by atoms with Crippen molar-refractivity contribution >= 4 is 11.6 Å². The lowest BCUT2D eigenvalue weighted by molar-refractivity contribution is -0.116. The molecule has 1 aromatic rings. The van der Waals surface area contributed by atoms with Crippen molar-refractivity contribution < 1.29 is 9.53 Å². The summed E-state index contributed by atoms with van der Waals surface area (Å²) in [5.41, 5.74) is 1.95. The molecule has 1 fully saturated rings. The van der Waals surface area contributed by atoms with Crippen LogP contribution in [0.4, 0.5) is 5.69 Å². The molecule has 1 amide bonds. The summed E-state index contributed by atoms with van der Waals surface area (Å²) >= 11 is 0. The summed E-state index contributed by atoms with van der Waals surface area (Å²) in [7, 11) is 0. The number of anilines is 1. The van der Waals surface area contributed by atoms with Crippen molar-refractivity contribution in [1.82, 2.24) is 5.32 Å². The monoisotopic (exact) mass is 220 g/mol. The average molecular weight is 220 g/mol. The molecule has 0 aromatic heterocycles. The van der Waals surface area contributed by atoms with Crippen molar-refractivity contribution in [3.05, 3.63) is 29.8 Å². The fourth-order valence-corrected chi connectivity index (χ4v) is 1.50. The van der Waals surface area contributed by atoms with E-state index in [-0.39, 0.29) is 5.91 Å². The smallest absolute Gasteiger partial charge is 0.238 e. The minimum atomic E-state index is -0.0128. The van der Waals surface area contributed by atoms with Crippen LogP contribution in [-0.2, 0) is 9.53 Å². The zero-order valence-corrected chi connectivity index (χ0v) is 9.32. The van der Waals surface area contributed by atoms with Crippen LogP contribution in [0.25, 0.3) is 0 Å². The fourth-order valence-electron chi connectivity index (χ4n) is 1.50. The third-order valence-electron chi connectivity index (χ3n) is 2.61. The first-order valence-electron chi connectivity index (χ1n) is 5.42. The van der Waals surface area contributed by atoms with Gasteiger partial charge in [-0.1, -0.05) is 18.2 Å². The number of benzene rings is 1. The molecule has 0 bridgehead atoms. The molecule has 4 nitrogen and oxygen atoms in total. The Morgan fingerprint density at radius 1 is 1.44 bits per heavy atom. The molecule has 2 rings (SSSR count). The van der Waals surface area contributed by atoms with Gasteiger partial charge in [-0.15, -0.1) is 0 Å². The summed E-state index contributed by atoms with van der Waals surface area (Å²) in [6.07, 6.45) is 0. The zero-order chi connectivity index (χ0) is 11.4. The molecule has 0 saturated carbocycles. The maximum Gasteiger partial charge on any atom is 0.238 e. The SMILES string of the molecule is Cc1ccccc1NC(=O)CNC1COC1. The molecule has 0 unspecified atom stereocenters. The molecule has 1 aliphatic heterocycles. The number of rotatable bonds is 4. The van der Waals surface area contributed by atoms with Gasteiger partial charge in [-0.05, 0) is 18.6 Å². The quantitative estimate of drug-likeness (QED) is 0.793. The average Bonchev–Trinajstić information content (AvgIpc) is 2.19. The van der Waals surface area contributed by atoms with Crippen molar-refractivity contribution in [3.8, 4) is 0 Å². The second kappa shape index (κ2) is 5.09. The van der Waals surface area contributed by atoms with Gasteiger partial charge < -0.3 is 15.4 Å². The van der Waals surface area contributed by atoms with Gasteiger partial charge >= 0.3 is 0 Å². The first kappa shape index (κ1) is 11.1. The molecule has 1 saturated heterocycles. The molecule has 4 heteroatoms. The molecule has 0 atom stereocenters. The Bertz CT molecular complexity index is 375. The van der Waals surface area contributed by atoms with Crippen molar-refractivity contribution in [2.75, 3.05) is 25.1 Å². The third-order valence-corrected chi connectivity index (χ3v) is 2.61. The summed E-state index contributed by atoms with van der Waals surface area (Å²) in [5, 5.41) is 5.99. The lowest BCUT2D eigenvalue weighted by Gasteiger charge is -2.26. The maximum absolute atomic E-state index is 11.6. The van der Waals surface area contributed by atoms with Crippen LogP contribution in [0.15, 0.2) is 24.3 Å². The Morgan fingerprint density at radius 2 is 2.19 bits per heavy atom. The number of hydrogen-bond acceptors (Lipinski definition) is 3. The normalized spacial score (nSPS) is 15.6. The predicted molar refractivity (Wildman–Crippen MR) is 62.4 cm³/mol. The first-order valence-corrected chi connectivity index (χ1v) is 5.42. The minimum Gasteiger partial charge on any atom is -0.378 e. The highest BCUT2D eigenvalue weighted by atomic mass is 16.5. The molecule has 0 radical (unpaired) electrons. The number of carbonyl (C=O) groups excluding carboxylic acids is 1. The highest BCUT2D eigenvalue weighted by molar-refractivity contribution is 5.92. The van der Waals surface area contributed by atoms with Gasteiger partial charge in [0.05, 0.1) is 25.8 Å². The summed E-state index contributed by atoms with van der Waals surface area (Å²) in [5.74, 6) is -0.0128. The first-order chi connectivity index (χ1) is 7.75. The second-order valence-corrected chi connectivity index (χ2v) is 3.98. The van der Waals surface area contributed by atoms with E-state index in [0.717, 1.165) is 11.3 Å². The number of aryl methyl sites for hydroxylation is 1. The molecule has 86 valence electrons. The lowest BCUT2D eigenvalue weighted by atomic mass is 10.2. The van der Waals surface area contributed by atoms with E-state index in [1.54, 1.807) is 0 Å². The summed E-state index contributed by atoms with van der Waals surface area (Å²) in [4.78, 5) is 11.6. The minimum absolute atomic E-state index is 0.0128.